The van der Waals surface area contributed by atoms with Crippen LogP contribution in [0.15, 0.2) is 369 Å². The maximum Gasteiger partial charge on any atom is 0.0540 e. The molecule has 2 aliphatic carbocycles. The summed E-state index contributed by atoms with van der Waals surface area (Å²) in [6.45, 7) is 0. The quantitative estimate of drug-likeness (QED) is 0.108. The third-order valence-electron chi connectivity index (χ3n) is 17.9. The van der Waals surface area contributed by atoms with E-state index in [4.69, 9.17) is 0 Å². The summed E-state index contributed by atoms with van der Waals surface area (Å²) in [6, 6.07) is 117. The zero-order chi connectivity index (χ0) is 59.7. The number of rotatable bonds is 14. The third-order valence-corrected chi connectivity index (χ3v) is 17.9. The van der Waals surface area contributed by atoms with Crippen molar-refractivity contribution in [1.82, 2.24) is 0 Å². The largest absolute Gasteiger partial charge is 0.310 e. The molecule has 2 aliphatic rings. The maximum absolute atomic E-state index is 2.41. The Hall–Kier alpha value is -11.7. The number of anilines is 11. The predicted molar refractivity (Wildman–Crippen MR) is 383 cm³/mol. The molecule has 4 nitrogen and oxygen atoms in total. The molecule has 1 atom stereocenters. The van der Waals surface area contributed by atoms with Crippen molar-refractivity contribution in [2.24, 2.45) is 5.92 Å². The second-order valence-corrected chi connectivity index (χ2v) is 23.2. The van der Waals surface area contributed by atoms with Crippen LogP contribution < -0.4 is 19.6 Å². The Morgan fingerprint density at radius 3 is 0.978 bits per heavy atom. The first-order chi connectivity index (χ1) is 44.7. The molecule has 14 aromatic carbocycles. The average Bonchev–Trinajstić information content (AvgIpc) is 1.93. The van der Waals surface area contributed by atoms with Gasteiger partial charge in [-0.2, -0.15) is 0 Å². The molecule has 0 aromatic heterocycles. The van der Waals surface area contributed by atoms with Gasteiger partial charge < -0.3 is 19.6 Å². The van der Waals surface area contributed by atoms with Gasteiger partial charge in [-0.05, 0) is 183 Å². The first kappa shape index (κ1) is 53.7. The summed E-state index contributed by atoms with van der Waals surface area (Å²) < 4.78 is 0. The number of nitrogens with zero attached hydrogens (tertiary/aromatic N) is 4. The standard InChI is InChI=1S/C86H62N4/c1-3-29-67(30-4-1)87(83-39-17-25-61-21-7-11-33-77(61)83)71-51-55-73(56-52-71)89(85-41-19-27-63-23-9-13-35-79(63)85)69-47-43-65(44-48-69)75-59-60-76(82-38-16-15-37-81(75)82)66-45-49-70(50-46-66)90(86-42-20-28-64-24-10-14-36-80(64)86)74-57-53-72(54-58-74)88(68-31-5-2-6-32-68)84-40-18-26-62-22-8-12-34-78(62)84/h1-25,27-60,62H,26H2. The van der Waals surface area contributed by atoms with E-state index in [1.807, 2.05) is 0 Å². The molecule has 90 heavy (non-hydrogen) atoms. The summed E-state index contributed by atoms with van der Waals surface area (Å²) in [4.78, 5) is 9.58. The normalized spacial score (nSPS) is 13.4. The van der Waals surface area contributed by atoms with Crippen molar-refractivity contribution in [2.75, 3.05) is 19.6 Å². The van der Waals surface area contributed by atoms with Crippen LogP contribution in [0.1, 0.15) is 6.42 Å². The third kappa shape index (κ3) is 9.96. The number of fused-ring (bicyclic) bond motifs is 5. The van der Waals surface area contributed by atoms with Gasteiger partial charge in [0.1, 0.15) is 0 Å². The molecule has 0 N–H and O–H groups in total. The zero-order valence-electron chi connectivity index (χ0n) is 49.6. The van der Waals surface area contributed by atoms with Gasteiger partial charge in [-0.15, -0.1) is 0 Å². The second-order valence-electron chi connectivity index (χ2n) is 23.2. The van der Waals surface area contributed by atoms with Crippen LogP contribution in [0.4, 0.5) is 62.6 Å². The molecule has 0 saturated heterocycles. The Kier molecular flexibility index (Phi) is 14.0. The number of hydrogen-bond donors (Lipinski definition) is 0. The molecular formula is C86H62N4. The fourth-order valence-corrected chi connectivity index (χ4v) is 13.6. The van der Waals surface area contributed by atoms with E-state index < -0.39 is 0 Å². The number of hydrogen-bond acceptors (Lipinski definition) is 4. The summed E-state index contributed by atoms with van der Waals surface area (Å²) in [7, 11) is 0. The van der Waals surface area contributed by atoms with E-state index >= 15 is 0 Å². The summed E-state index contributed by atoms with van der Waals surface area (Å²) in [6.07, 6.45) is 14.6. The van der Waals surface area contributed by atoms with Crippen molar-refractivity contribution in [2.45, 2.75) is 6.42 Å². The fraction of sp³-hybridized carbons (Fsp3) is 0.0233. The zero-order valence-corrected chi connectivity index (χ0v) is 49.6. The lowest BCUT2D eigenvalue weighted by Crippen LogP contribution is -2.21. The van der Waals surface area contributed by atoms with E-state index in [1.165, 1.54) is 65.5 Å². The number of allylic oxidation sites excluding steroid dienone is 7. The van der Waals surface area contributed by atoms with Crippen molar-refractivity contribution in [1.29, 1.82) is 0 Å². The van der Waals surface area contributed by atoms with Crippen LogP contribution >= 0.6 is 0 Å². The molecule has 0 aliphatic heterocycles. The van der Waals surface area contributed by atoms with Crippen LogP contribution in [0.5, 0.6) is 0 Å². The SMILES string of the molecule is C1=CC2=C(N(c3ccccc3)c3ccc(N(c4ccc(-c5ccc(-c6ccc(N(c7ccc(N(c8ccccc8)c8cccc9ccccc89)cc7)c7cccc8ccccc78)cc6)c6ccccc56)cc4)c4cccc5ccccc45)cc3)C=CCC2C=C1. The highest BCUT2D eigenvalue weighted by molar-refractivity contribution is 6.07. The lowest BCUT2D eigenvalue weighted by atomic mass is 9.86. The van der Waals surface area contributed by atoms with E-state index in [1.54, 1.807) is 0 Å². The fourth-order valence-electron chi connectivity index (χ4n) is 13.6. The van der Waals surface area contributed by atoms with Crippen LogP contribution in [0.2, 0.25) is 0 Å². The molecule has 16 rings (SSSR count). The molecule has 0 bridgehead atoms. The Labute approximate surface area is 526 Å². The second kappa shape index (κ2) is 23.5. The van der Waals surface area contributed by atoms with Gasteiger partial charge in [0.15, 0.2) is 0 Å². The summed E-state index contributed by atoms with van der Waals surface area (Å²) >= 11 is 0. The van der Waals surface area contributed by atoms with Gasteiger partial charge in [-0.3, -0.25) is 0 Å². The van der Waals surface area contributed by atoms with Crippen molar-refractivity contribution >= 4 is 106 Å². The maximum atomic E-state index is 2.41. The number of benzene rings is 14. The van der Waals surface area contributed by atoms with Crippen molar-refractivity contribution < 1.29 is 0 Å². The summed E-state index contributed by atoms with van der Waals surface area (Å²) in [5, 5.41) is 9.58. The average molecular weight is 1150 g/mol. The minimum Gasteiger partial charge on any atom is -0.310 e. The molecule has 14 aromatic rings. The highest BCUT2D eigenvalue weighted by Gasteiger charge is 2.26. The Morgan fingerprint density at radius 1 is 0.244 bits per heavy atom. The van der Waals surface area contributed by atoms with Gasteiger partial charge >= 0.3 is 0 Å². The first-order valence-electron chi connectivity index (χ1n) is 31.1. The van der Waals surface area contributed by atoms with Gasteiger partial charge in [0.25, 0.3) is 0 Å². The highest BCUT2D eigenvalue weighted by Crippen LogP contribution is 2.47. The van der Waals surface area contributed by atoms with Gasteiger partial charge in [0.2, 0.25) is 0 Å². The van der Waals surface area contributed by atoms with Gasteiger partial charge in [0, 0.05) is 73.3 Å². The summed E-state index contributed by atoms with van der Waals surface area (Å²) in [5.41, 5.74) is 19.3. The van der Waals surface area contributed by atoms with E-state index in [2.05, 4.69) is 378 Å². The van der Waals surface area contributed by atoms with E-state index in [0.29, 0.717) is 5.92 Å². The first-order valence-corrected chi connectivity index (χ1v) is 31.1. The molecule has 0 saturated carbocycles. The summed E-state index contributed by atoms with van der Waals surface area (Å²) in [5.74, 6) is 0.358. The molecule has 4 heteroatoms. The van der Waals surface area contributed by atoms with Gasteiger partial charge in [-0.1, -0.05) is 237 Å². The molecule has 1 unspecified atom stereocenters. The Morgan fingerprint density at radius 2 is 0.567 bits per heavy atom. The topological polar surface area (TPSA) is 13.0 Å². The van der Waals surface area contributed by atoms with Crippen molar-refractivity contribution in [3.05, 3.63) is 369 Å². The molecule has 426 valence electrons. The lowest BCUT2D eigenvalue weighted by Gasteiger charge is -2.33. The smallest absolute Gasteiger partial charge is 0.0540 e. The predicted octanol–water partition coefficient (Wildman–Crippen LogP) is 24.1. The highest BCUT2D eigenvalue weighted by atomic mass is 15.2. The molecule has 0 fully saturated rings. The van der Waals surface area contributed by atoms with Crippen molar-refractivity contribution in [3.8, 4) is 22.3 Å². The Balaban J connectivity index is 0.737. The van der Waals surface area contributed by atoms with Crippen LogP contribution in [0, 0.1) is 5.92 Å². The van der Waals surface area contributed by atoms with Crippen LogP contribution in [0.3, 0.4) is 0 Å². The molecule has 0 spiro atoms. The molecule has 0 amide bonds. The van der Waals surface area contributed by atoms with E-state index in [-0.39, 0.29) is 0 Å². The van der Waals surface area contributed by atoms with Gasteiger partial charge in [0.05, 0.1) is 17.1 Å². The molecule has 0 radical (unpaired) electrons. The minimum absolute atomic E-state index is 0.358. The minimum atomic E-state index is 0.358. The van der Waals surface area contributed by atoms with E-state index in [9.17, 15) is 0 Å². The Bertz CT molecular complexity index is 5070. The van der Waals surface area contributed by atoms with Crippen molar-refractivity contribution in [3.63, 3.8) is 0 Å². The van der Waals surface area contributed by atoms with E-state index in [0.717, 1.165) is 80.1 Å². The number of para-hydroxylation sites is 2. The van der Waals surface area contributed by atoms with Crippen LogP contribution in [0.25, 0.3) is 65.3 Å². The lowest BCUT2D eigenvalue weighted by molar-refractivity contribution is 0.763. The van der Waals surface area contributed by atoms with Crippen LogP contribution in [-0.4, -0.2) is 0 Å². The van der Waals surface area contributed by atoms with Crippen LogP contribution in [-0.2, 0) is 0 Å². The monoisotopic (exact) mass is 1150 g/mol. The van der Waals surface area contributed by atoms with Gasteiger partial charge in [-0.25, -0.2) is 0 Å². The molecular weight excluding hydrogens is 1090 g/mol. The molecule has 0 heterocycles.